The summed E-state index contributed by atoms with van der Waals surface area (Å²) in [5.74, 6) is 2.14. The van der Waals surface area contributed by atoms with Crippen molar-refractivity contribution in [2.24, 2.45) is 0 Å². The highest BCUT2D eigenvalue weighted by atomic mass is 15.3. The lowest BCUT2D eigenvalue weighted by molar-refractivity contribution is 0.864. The van der Waals surface area contributed by atoms with Gasteiger partial charge in [-0.1, -0.05) is 86.6 Å². The van der Waals surface area contributed by atoms with Gasteiger partial charge in [0.1, 0.15) is 0 Å². The minimum atomic E-state index is 0.410. The van der Waals surface area contributed by atoms with Crippen LogP contribution in [-0.4, -0.2) is 14.8 Å². The van der Waals surface area contributed by atoms with E-state index in [4.69, 9.17) is 0 Å². The summed E-state index contributed by atoms with van der Waals surface area (Å²) in [7, 11) is 0. The second-order valence-electron chi connectivity index (χ2n) is 6.63. The Kier molecular flexibility index (Phi) is 4.36. The van der Waals surface area contributed by atoms with Gasteiger partial charge in [-0.15, -0.1) is 10.2 Å². The fourth-order valence-electron chi connectivity index (χ4n) is 3.26. The van der Waals surface area contributed by atoms with Gasteiger partial charge < -0.3 is 0 Å². The molecule has 0 saturated heterocycles. The van der Waals surface area contributed by atoms with Crippen molar-refractivity contribution in [2.45, 2.75) is 19.8 Å². The van der Waals surface area contributed by atoms with Crippen LogP contribution in [0.5, 0.6) is 0 Å². The standard InChI is InChI=1S/C23H21N3/c1-17(2)20-15-9-10-16-21(20)23-25-24-22(18-11-5-3-6-12-18)26(23)19-13-7-4-8-14-19/h3-17H,1-2H3. The summed E-state index contributed by atoms with van der Waals surface area (Å²) in [6.07, 6.45) is 0. The lowest BCUT2D eigenvalue weighted by Crippen LogP contribution is -2.02. The first-order valence-electron chi connectivity index (χ1n) is 8.91. The van der Waals surface area contributed by atoms with E-state index < -0.39 is 0 Å². The van der Waals surface area contributed by atoms with Crippen LogP contribution >= 0.6 is 0 Å². The summed E-state index contributed by atoms with van der Waals surface area (Å²) >= 11 is 0. The van der Waals surface area contributed by atoms with Crippen molar-refractivity contribution in [3.63, 3.8) is 0 Å². The molecule has 0 spiro atoms. The normalized spacial score (nSPS) is 11.0. The highest BCUT2D eigenvalue weighted by Crippen LogP contribution is 2.32. The Morgan fingerprint density at radius 2 is 1.23 bits per heavy atom. The zero-order valence-electron chi connectivity index (χ0n) is 15.0. The monoisotopic (exact) mass is 339 g/mol. The van der Waals surface area contributed by atoms with Gasteiger partial charge in [-0.3, -0.25) is 4.57 Å². The number of para-hydroxylation sites is 1. The molecule has 0 atom stereocenters. The van der Waals surface area contributed by atoms with Gasteiger partial charge in [0, 0.05) is 16.8 Å². The molecule has 4 rings (SSSR count). The quantitative estimate of drug-likeness (QED) is 0.476. The summed E-state index contributed by atoms with van der Waals surface area (Å²) in [4.78, 5) is 0. The van der Waals surface area contributed by atoms with E-state index in [-0.39, 0.29) is 0 Å². The summed E-state index contributed by atoms with van der Waals surface area (Å²) in [5.41, 5.74) is 4.51. The minimum absolute atomic E-state index is 0.410. The van der Waals surface area contributed by atoms with E-state index >= 15 is 0 Å². The van der Waals surface area contributed by atoms with Crippen LogP contribution in [0, 0.1) is 0 Å². The van der Waals surface area contributed by atoms with Crippen LogP contribution in [0.4, 0.5) is 0 Å². The second-order valence-corrected chi connectivity index (χ2v) is 6.63. The van der Waals surface area contributed by atoms with E-state index in [1.807, 2.05) is 36.4 Å². The van der Waals surface area contributed by atoms with E-state index in [0.29, 0.717) is 5.92 Å². The molecule has 26 heavy (non-hydrogen) atoms. The van der Waals surface area contributed by atoms with Gasteiger partial charge in [0.05, 0.1) is 0 Å². The minimum Gasteiger partial charge on any atom is -0.275 e. The molecular weight excluding hydrogens is 318 g/mol. The van der Waals surface area contributed by atoms with Gasteiger partial charge in [0.2, 0.25) is 0 Å². The van der Waals surface area contributed by atoms with Gasteiger partial charge in [-0.05, 0) is 23.6 Å². The van der Waals surface area contributed by atoms with Crippen molar-refractivity contribution in [3.05, 3.63) is 90.5 Å². The number of benzene rings is 3. The summed E-state index contributed by atoms with van der Waals surface area (Å²) in [6.45, 7) is 4.42. The molecule has 0 bridgehead atoms. The third-order valence-corrected chi connectivity index (χ3v) is 4.53. The Morgan fingerprint density at radius 1 is 0.654 bits per heavy atom. The first-order valence-corrected chi connectivity index (χ1v) is 8.91. The highest BCUT2D eigenvalue weighted by Gasteiger charge is 2.19. The Bertz CT molecular complexity index is 1000. The molecule has 0 saturated carbocycles. The maximum atomic E-state index is 4.60. The maximum absolute atomic E-state index is 4.60. The molecule has 0 unspecified atom stereocenters. The smallest absolute Gasteiger partial charge is 0.169 e. The molecule has 3 heteroatoms. The molecule has 0 radical (unpaired) electrons. The molecule has 4 aromatic rings. The van der Waals surface area contributed by atoms with Crippen LogP contribution in [0.15, 0.2) is 84.9 Å². The molecule has 128 valence electrons. The van der Waals surface area contributed by atoms with Crippen LogP contribution in [0.1, 0.15) is 25.3 Å². The molecule has 0 N–H and O–H groups in total. The van der Waals surface area contributed by atoms with Gasteiger partial charge in [-0.25, -0.2) is 0 Å². The molecule has 0 aliphatic heterocycles. The van der Waals surface area contributed by atoms with Crippen LogP contribution < -0.4 is 0 Å². The van der Waals surface area contributed by atoms with Crippen LogP contribution in [0.3, 0.4) is 0 Å². The van der Waals surface area contributed by atoms with E-state index in [2.05, 4.69) is 77.1 Å². The van der Waals surface area contributed by atoms with Crippen LogP contribution in [0.2, 0.25) is 0 Å². The predicted octanol–water partition coefficient (Wildman–Crippen LogP) is 5.72. The molecule has 1 heterocycles. The number of hydrogen-bond donors (Lipinski definition) is 0. The molecular formula is C23H21N3. The first kappa shape index (κ1) is 16.3. The fraction of sp³-hybridized carbons (Fsp3) is 0.130. The average Bonchev–Trinajstić information content (AvgIpc) is 3.14. The van der Waals surface area contributed by atoms with Crippen LogP contribution in [0.25, 0.3) is 28.5 Å². The third-order valence-electron chi connectivity index (χ3n) is 4.53. The van der Waals surface area contributed by atoms with Crippen molar-refractivity contribution < 1.29 is 0 Å². The van der Waals surface area contributed by atoms with Gasteiger partial charge in [0.15, 0.2) is 11.6 Å². The average molecular weight is 339 g/mol. The molecule has 0 aliphatic rings. The zero-order chi connectivity index (χ0) is 17.9. The molecule has 0 aliphatic carbocycles. The summed E-state index contributed by atoms with van der Waals surface area (Å²) in [5, 5.41) is 9.15. The Morgan fingerprint density at radius 3 is 1.92 bits per heavy atom. The lowest BCUT2D eigenvalue weighted by atomic mass is 9.96. The van der Waals surface area contributed by atoms with Crippen LogP contribution in [-0.2, 0) is 0 Å². The Hall–Kier alpha value is -3.20. The number of rotatable bonds is 4. The van der Waals surface area contributed by atoms with E-state index in [0.717, 1.165) is 28.5 Å². The Balaban J connectivity index is 1.99. The molecule has 0 amide bonds. The maximum Gasteiger partial charge on any atom is 0.169 e. The van der Waals surface area contributed by atoms with Crippen molar-refractivity contribution in [3.8, 4) is 28.5 Å². The van der Waals surface area contributed by atoms with Crippen molar-refractivity contribution in [1.29, 1.82) is 0 Å². The van der Waals surface area contributed by atoms with Gasteiger partial charge in [-0.2, -0.15) is 0 Å². The molecule has 0 fully saturated rings. The van der Waals surface area contributed by atoms with Crippen molar-refractivity contribution in [2.75, 3.05) is 0 Å². The largest absolute Gasteiger partial charge is 0.275 e. The number of nitrogens with zero attached hydrogens (tertiary/aromatic N) is 3. The summed E-state index contributed by atoms with van der Waals surface area (Å²) in [6, 6.07) is 29.0. The van der Waals surface area contributed by atoms with E-state index in [9.17, 15) is 0 Å². The highest BCUT2D eigenvalue weighted by molar-refractivity contribution is 5.69. The van der Waals surface area contributed by atoms with Crippen molar-refractivity contribution >= 4 is 0 Å². The van der Waals surface area contributed by atoms with Gasteiger partial charge >= 0.3 is 0 Å². The Labute approximate surface area is 154 Å². The summed E-state index contributed by atoms with van der Waals surface area (Å²) < 4.78 is 2.15. The number of hydrogen-bond acceptors (Lipinski definition) is 2. The van der Waals surface area contributed by atoms with E-state index in [1.165, 1.54) is 5.56 Å². The molecule has 1 aromatic heterocycles. The van der Waals surface area contributed by atoms with E-state index in [1.54, 1.807) is 0 Å². The SMILES string of the molecule is CC(C)c1ccccc1-c1nnc(-c2ccccc2)n1-c1ccccc1. The fourth-order valence-corrected chi connectivity index (χ4v) is 3.26. The first-order chi connectivity index (χ1) is 12.8. The topological polar surface area (TPSA) is 30.7 Å². The molecule has 3 nitrogen and oxygen atoms in total. The molecule has 3 aromatic carbocycles. The van der Waals surface area contributed by atoms with Crippen molar-refractivity contribution in [1.82, 2.24) is 14.8 Å². The zero-order valence-corrected chi connectivity index (χ0v) is 15.0. The second kappa shape index (κ2) is 6.96. The predicted molar refractivity (Wildman–Crippen MR) is 106 cm³/mol. The number of aromatic nitrogens is 3. The lowest BCUT2D eigenvalue weighted by Gasteiger charge is -2.15. The van der Waals surface area contributed by atoms with Gasteiger partial charge in [0.25, 0.3) is 0 Å². The third kappa shape index (κ3) is 2.92.